The molecule has 1 aliphatic carbocycles. The highest BCUT2D eigenvalue weighted by atomic mass is 16.5. The van der Waals surface area contributed by atoms with E-state index in [0.29, 0.717) is 0 Å². The molecule has 0 radical (unpaired) electrons. The average molecular weight is 957 g/mol. The quantitative estimate of drug-likeness (QED) is 0.166. The Morgan fingerprint density at radius 3 is 1.80 bits per heavy atom. The summed E-state index contributed by atoms with van der Waals surface area (Å²) in [5.74, 6) is 1.63. The van der Waals surface area contributed by atoms with E-state index in [-0.39, 0.29) is 0 Å². The molecule has 0 saturated heterocycles. The lowest BCUT2D eigenvalue weighted by molar-refractivity contribution is 0.474. The number of hydrogen-bond acceptors (Lipinski definition) is 4. The van der Waals surface area contributed by atoms with Gasteiger partial charge in [0.15, 0.2) is 17.1 Å². The van der Waals surface area contributed by atoms with Crippen molar-refractivity contribution in [2.45, 2.75) is 5.41 Å². The molecular formula is C71H44N2O2. The molecule has 4 heteroatoms. The van der Waals surface area contributed by atoms with E-state index < -0.39 is 5.41 Å². The Balaban J connectivity index is 0.904. The van der Waals surface area contributed by atoms with Crippen LogP contribution in [0.15, 0.2) is 271 Å². The molecule has 0 atom stereocenters. The number of nitrogens with zero attached hydrogens (tertiary/aromatic N) is 2. The van der Waals surface area contributed by atoms with Crippen molar-refractivity contribution < 1.29 is 9.15 Å². The summed E-state index contributed by atoms with van der Waals surface area (Å²) in [6.07, 6.45) is 0. The van der Waals surface area contributed by atoms with Crippen LogP contribution in [0.3, 0.4) is 0 Å². The van der Waals surface area contributed by atoms with Gasteiger partial charge in [-0.05, 0) is 144 Å². The molecular weight excluding hydrogens is 913 g/mol. The van der Waals surface area contributed by atoms with Gasteiger partial charge >= 0.3 is 0 Å². The monoisotopic (exact) mass is 956 g/mol. The van der Waals surface area contributed by atoms with Crippen molar-refractivity contribution in [3.8, 4) is 56.0 Å². The molecule has 1 aromatic heterocycles. The van der Waals surface area contributed by atoms with Crippen LogP contribution in [0.1, 0.15) is 22.3 Å². The van der Waals surface area contributed by atoms with Gasteiger partial charge in [0.1, 0.15) is 5.58 Å². The minimum atomic E-state index is -0.522. The summed E-state index contributed by atoms with van der Waals surface area (Å²) in [4.78, 5) is 4.81. The molecule has 13 aromatic rings. The molecule has 0 fully saturated rings. The zero-order valence-corrected chi connectivity index (χ0v) is 40.6. The average Bonchev–Trinajstić information content (AvgIpc) is 4.07. The summed E-state index contributed by atoms with van der Waals surface area (Å²) in [5.41, 5.74) is 21.7. The maximum Gasteiger partial charge on any atom is 0.159 e. The van der Waals surface area contributed by atoms with E-state index in [9.17, 15) is 0 Å². The van der Waals surface area contributed by atoms with E-state index in [1.807, 2.05) is 6.07 Å². The molecule has 0 saturated carbocycles. The molecule has 0 amide bonds. The molecule has 350 valence electrons. The minimum absolute atomic E-state index is 0.522. The van der Waals surface area contributed by atoms with Crippen molar-refractivity contribution >= 4 is 66.8 Å². The maximum atomic E-state index is 7.23. The van der Waals surface area contributed by atoms with Crippen LogP contribution in [0.2, 0.25) is 0 Å². The molecule has 0 unspecified atom stereocenters. The standard InChI is InChI=1S/C71H44N2O2/c1-2-17-45(18-3-1)46-35-38-51(39-36-46)72(65-32-15-26-58-57-24-8-13-33-66(57)75-70(58)65)52-42-49(41-50(43-52)54-25-14-20-47-19-4-5-21-53(47)54)48-37-40-64-68(44-48)74-67-34-16-30-62-69(67)73(64)63-31-12-11-29-61(63)71(62)59-27-9-6-22-55(59)56-23-7-10-28-60(56)71/h1-44H. The van der Waals surface area contributed by atoms with Crippen molar-refractivity contribution in [2.24, 2.45) is 0 Å². The molecule has 1 spiro atoms. The first kappa shape index (κ1) is 41.7. The van der Waals surface area contributed by atoms with Crippen LogP contribution in [0, 0.1) is 0 Å². The van der Waals surface area contributed by atoms with Crippen molar-refractivity contribution in [2.75, 3.05) is 9.80 Å². The first-order chi connectivity index (χ1) is 37.2. The molecule has 12 aromatic carbocycles. The highest BCUT2D eigenvalue weighted by Gasteiger charge is 2.53. The van der Waals surface area contributed by atoms with Gasteiger partial charge in [-0.1, -0.05) is 200 Å². The van der Waals surface area contributed by atoms with Crippen LogP contribution in [0.5, 0.6) is 11.5 Å². The third-order valence-corrected chi connectivity index (χ3v) is 16.0. The number of fused-ring (bicyclic) bond motifs is 15. The summed E-state index contributed by atoms with van der Waals surface area (Å²) in [6, 6.07) is 96.9. The fourth-order valence-corrected chi connectivity index (χ4v) is 12.8. The second-order valence-corrected chi connectivity index (χ2v) is 19.9. The summed E-state index contributed by atoms with van der Waals surface area (Å²) in [6.45, 7) is 0. The Morgan fingerprint density at radius 2 is 0.960 bits per heavy atom. The lowest BCUT2D eigenvalue weighted by atomic mass is 9.64. The molecule has 3 heterocycles. The normalized spacial score (nSPS) is 13.3. The number of para-hydroxylation sites is 4. The van der Waals surface area contributed by atoms with E-state index in [0.717, 1.165) is 95.4 Å². The van der Waals surface area contributed by atoms with E-state index in [1.165, 1.54) is 49.7 Å². The fourth-order valence-electron chi connectivity index (χ4n) is 12.8. The van der Waals surface area contributed by atoms with Gasteiger partial charge in [-0.3, -0.25) is 0 Å². The Kier molecular flexibility index (Phi) is 8.92. The minimum Gasteiger partial charge on any atom is -0.454 e. The summed E-state index contributed by atoms with van der Waals surface area (Å²) in [7, 11) is 0. The van der Waals surface area contributed by atoms with Gasteiger partial charge < -0.3 is 19.0 Å². The number of furan rings is 1. The van der Waals surface area contributed by atoms with Crippen LogP contribution < -0.4 is 14.5 Å². The van der Waals surface area contributed by atoms with E-state index in [2.05, 4.69) is 271 Å². The van der Waals surface area contributed by atoms with Crippen LogP contribution in [-0.2, 0) is 5.41 Å². The first-order valence-corrected chi connectivity index (χ1v) is 25.7. The van der Waals surface area contributed by atoms with Gasteiger partial charge in [-0.15, -0.1) is 0 Å². The zero-order chi connectivity index (χ0) is 49.2. The van der Waals surface area contributed by atoms with Crippen molar-refractivity contribution in [3.05, 3.63) is 289 Å². The highest BCUT2D eigenvalue weighted by molar-refractivity contribution is 6.11. The molecule has 0 N–H and O–H groups in total. The van der Waals surface area contributed by atoms with Gasteiger partial charge in [0, 0.05) is 22.1 Å². The Hall–Kier alpha value is -9.90. The Bertz CT molecular complexity index is 4420. The molecule has 75 heavy (non-hydrogen) atoms. The van der Waals surface area contributed by atoms with Crippen molar-refractivity contribution in [3.63, 3.8) is 0 Å². The second kappa shape index (κ2) is 16.1. The van der Waals surface area contributed by atoms with Gasteiger partial charge in [0.05, 0.1) is 28.2 Å². The van der Waals surface area contributed by atoms with Gasteiger partial charge in [-0.25, -0.2) is 0 Å². The molecule has 3 aliphatic rings. The predicted molar refractivity (Wildman–Crippen MR) is 308 cm³/mol. The number of rotatable bonds is 6. The lowest BCUT2D eigenvalue weighted by Crippen LogP contribution is -2.37. The Labute approximate surface area is 434 Å². The van der Waals surface area contributed by atoms with Crippen LogP contribution in [-0.4, -0.2) is 0 Å². The third kappa shape index (κ3) is 6.05. The van der Waals surface area contributed by atoms with Crippen LogP contribution in [0.4, 0.5) is 34.1 Å². The number of ether oxygens (including phenoxy) is 1. The van der Waals surface area contributed by atoms with Crippen molar-refractivity contribution in [1.29, 1.82) is 0 Å². The van der Waals surface area contributed by atoms with Crippen LogP contribution in [0.25, 0.3) is 77.2 Å². The van der Waals surface area contributed by atoms with E-state index in [1.54, 1.807) is 0 Å². The summed E-state index contributed by atoms with van der Waals surface area (Å²) in [5, 5.41) is 4.54. The van der Waals surface area contributed by atoms with Gasteiger partial charge in [0.2, 0.25) is 0 Å². The largest absolute Gasteiger partial charge is 0.454 e. The highest BCUT2D eigenvalue weighted by Crippen LogP contribution is 2.67. The van der Waals surface area contributed by atoms with Crippen LogP contribution >= 0.6 is 0 Å². The third-order valence-electron chi connectivity index (χ3n) is 16.0. The molecule has 16 rings (SSSR count). The van der Waals surface area contributed by atoms with Gasteiger partial charge in [0.25, 0.3) is 0 Å². The predicted octanol–water partition coefficient (Wildman–Crippen LogP) is 19.5. The number of anilines is 6. The van der Waals surface area contributed by atoms with Gasteiger partial charge in [-0.2, -0.15) is 0 Å². The van der Waals surface area contributed by atoms with Crippen molar-refractivity contribution in [1.82, 2.24) is 0 Å². The SMILES string of the molecule is c1ccc(-c2ccc(N(c3cc(-c4ccc5c(c4)Oc4cccc6c4N5c4ccccc4C64c5ccccc5-c5ccccc54)cc(-c4cccc5ccccc45)c3)c3cccc4c3oc3ccccc34)cc2)cc1. The van der Waals surface area contributed by atoms with E-state index >= 15 is 0 Å². The summed E-state index contributed by atoms with van der Waals surface area (Å²) < 4.78 is 14.1. The maximum absolute atomic E-state index is 7.23. The number of benzene rings is 12. The number of hydrogen-bond donors (Lipinski definition) is 0. The first-order valence-electron chi connectivity index (χ1n) is 25.7. The molecule has 0 bridgehead atoms. The molecule has 2 aliphatic heterocycles. The Morgan fingerprint density at radius 1 is 0.347 bits per heavy atom. The smallest absolute Gasteiger partial charge is 0.159 e. The zero-order valence-electron chi connectivity index (χ0n) is 40.6. The fraction of sp³-hybridized carbons (Fsp3) is 0.0141. The van der Waals surface area contributed by atoms with E-state index in [4.69, 9.17) is 9.15 Å². The molecule has 4 nitrogen and oxygen atoms in total. The lowest BCUT2D eigenvalue weighted by Gasteiger charge is -2.47. The summed E-state index contributed by atoms with van der Waals surface area (Å²) >= 11 is 0. The second-order valence-electron chi connectivity index (χ2n) is 19.9. The topological polar surface area (TPSA) is 28.9 Å².